The average Bonchev–Trinajstić information content (AvgIpc) is 3.14. The molecule has 0 aliphatic rings. The summed E-state index contributed by atoms with van der Waals surface area (Å²) >= 11 is 1.27. The lowest BCUT2D eigenvalue weighted by molar-refractivity contribution is -0.113. The van der Waals surface area contributed by atoms with Crippen molar-refractivity contribution < 1.29 is 13.9 Å². The molecule has 1 heterocycles. The van der Waals surface area contributed by atoms with Crippen LogP contribution in [0.25, 0.3) is 0 Å². The number of rotatable bonds is 10. The number of carbonyl (C=O) groups excluding carboxylic acids is 1. The van der Waals surface area contributed by atoms with E-state index in [1.807, 2.05) is 24.3 Å². The van der Waals surface area contributed by atoms with Crippen molar-refractivity contribution in [3.8, 4) is 5.75 Å². The van der Waals surface area contributed by atoms with Crippen LogP contribution in [-0.4, -0.2) is 26.4 Å². The average molecular weight is 441 g/mol. The van der Waals surface area contributed by atoms with Crippen LogP contribution >= 0.6 is 11.8 Å². The summed E-state index contributed by atoms with van der Waals surface area (Å²) in [5.74, 6) is 0.704. The molecule has 0 bridgehead atoms. The third-order valence-corrected chi connectivity index (χ3v) is 5.46. The maximum absolute atomic E-state index is 13.8. The van der Waals surface area contributed by atoms with Crippen LogP contribution in [0, 0.1) is 5.82 Å². The fourth-order valence-corrected chi connectivity index (χ4v) is 3.59. The third-order valence-electron chi connectivity index (χ3n) is 4.49. The highest BCUT2D eigenvalue weighted by Crippen LogP contribution is 2.21. The Bertz CT molecular complexity index is 1030. The van der Waals surface area contributed by atoms with Gasteiger partial charge in [-0.05, 0) is 35.7 Å². The monoisotopic (exact) mass is 440 g/mol. The van der Waals surface area contributed by atoms with Gasteiger partial charge in [-0.25, -0.2) is 4.39 Å². The Hall–Kier alpha value is -3.13. The van der Waals surface area contributed by atoms with Gasteiger partial charge >= 0.3 is 0 Å². The largest absolute Gasteiger partial charge is 0.483 e. The van der Waals surface area contributed by atoms with E-state index in [4.69, 9.17) is 4.74 Å². The Balaban J connectivity index is 1.59. The first kappa shape index (κ1) is 22.6. The standard InChI is InChI=1S/C23H25FN4O2S/c1-4-13-28-21(14-30-20-8-6-5-7-19(20)24)26-27-23(28)31-15-22(29)25-18-11-9-17(10-12-18)16(2)3/h4-12,16H,1,13-15H2,2-3H3,(H,25,29). The molecule has 0 unspecified atom stereocenters. The lowest BCUT2D eigenvalue weighted by Gasteiger charge is -2.10. The molecule has 3 rings (SSSR count). The summed E-state index contributed by atoms with van der Waals surface area (Å²) in [5.41, 5.74) is 1.97. The molecular formula is C23H25FN4O2S. The van der Waals surface area contributed by atoms with Crippen molar-refractivity contribution in [2.24, 2.45) is 0 Å². The number of thioether (sulfide) groups is 1. The van der Waals surface area contributed by atoms with E-state index < -0.39 is 5.82 Å². The summed E-state index contributed by atoms with van der Waals surface area (Å²) in [7, 11) is 0. The minimum absolute atomic E-state index is 0.0523. The number of benzene rings is 2. The van der Waals surface area contributed by atoms with Gasteiger partial charge in [-0.3, -0.25) is 9.36 Å². The van der Waals surface area contributed by atoms with Gasteiger partial charge in [-0.1, -0.05) is 56.0 Å². The van der Waals surface area contributed by atoms with Crippen LogP contribution in [0.4, 0.5) is 10.1 Å². The van der Waals surface area contributed by atoms with Crippen molar-refractivity contribution in [2.45, 2.75) is 38.1 Å². The minimum Gasteiger partial charge on any atom is -0.483 e. The minimum atomic E-state index is -0.440. The quantitative estimate of drug-likeness (QED) is 0.353. The van der Waals surface area contributed by atoms with Crippen LogP contribution in [0.15, 0.2) is 66.3 Å². The van der Waals surface area contributed by atoms with Gasteiger partial charge in [0.05, 0.1) is 5.75 Å². The van der Waals surface area contributed by atoms with E-state index in [0.717, 1.165) is 5.69 Å². The summed E-state index contributed by atoms with van der Waals surface area (Å²) in [6, 6.07) is 14.0. The van der Waals surface area contributed by atoms with Crippen molar-refractivity contribution in [2.75, 3.05) is 11.1 Å². The van der Waals surface area contributed by atoms with Crippen molar-refractivity contribution in [1.82, 2.24) is 14.8 Å². The molecule has 162 valence electrons. The predicted octanol–water partition coefficient (Wildman–Crippen LogP) is 5.04. The van der Waals surface area contributed by atoms with Crippen LogP contribution in [0.1, 0.15) is 31.2 Å². The Kier molecular flexibility index (Phi) is 7.83. The first-order valence-corrected chi connectivity index (χ1v) is 10.9. The predicted molar refractivity (Wildman–Crippen MR) is 121 cm³/mol. The Morgan fingerprint density at radius 1 is 1.23 bits per heavy atom. The van der Waals surface area contributed by atoms with Gasteiger partial charge < -0.3 is 10.1 Å². The second-order valence-electron chi connectivity index (χ2n) is 7.13. The first-order valence-electron chi connectivity index (χ1n) is 9.91. The number of anilines is 1. The van der Waals surface area contributed by atoms with Crippen LogP contribution < -0.4 is 10.1 Å². The van der Waals surface area contributed by atoms with Crippen LogP contribution in [0.2, 0.25) is 0 Å². The smallest absolute Gasteiger partial charge is 0.234 e. The van der Waals surface area contributed by atoms with Crippen LogP contribution in [-0.2, 0) is 17.9 Å². The Morgan fingerprint density at radius 3 is 2.65 bits per heavy atom. The number of hydrogen-bond acceptors (Lipinski definition) is 5. The van der Waals surface area contributed by atoms with E-state index in [1.54, 1.807) is 28.8 Å². The molecule has 0 saturated carbocycles. The van der Waals surface area contributed by atoms with Gasteiger partial charge in [0, 0.05) is 12.2 Å². The molecule has 31 heavy (non-hydrogen) atoms. The van der Waals surface area contributed by atoms with Gasteiger partial charge in [-0.15, -0.1) is 16.8 Å². The van der Waals surface area contributed by atoms with Gasteiger partial charge in [0.1, 0.15) is 6.61 Å². The molecule has 1 amide bonds. The highest BCUT2D eigenvalue weighted by Gasteiger charge is 2.15. The molecular weight excluding hydrogens is 415 g/mol. The van der Waals surface area contributed by atoms with Crippen molar-refractivity contribution in [3.05, 3.63) is 78.4 Å². The molecule has 0 radical (unpaired) electrons. The van der Waals surface area contributed by atoms with Gasteiger partial charge in [-0.2, -0.15) is 0 Å². The van der Waals surface area contributed by atoms with Crippen molar-refractivity contribution in [1.29, 1.82) is 0 Å². The van der Waals surface area contributed by atoms with Gasteiger partial charge in [0.25, 0.3) is 0 Å². The molecule has 8 heteroatoms. The third kappa shape index (κ3) is 6.18. The van der Waals surface area contributed by atoms with Crippen LogP contribution in [0.3, 0.4) is 0 Å². The van der Waals surface area contributed by atoms with E-state index in [0.29, 0.717) is 23.4 Å². The number of allylic oxidation sites excluding steroid dienone is 1. The van der Waals surface area contributed by atoms with E-state index >= 15 is 0 Å². The summed E-state index contributed by atoms with van der Waals surface area (Å²) in [5, 5.41) is 11.7. The van der Waals surface area contributed by atoms with E-state index in [9.17, 15) is 9.18 Å². The molecule has 2 aromatic carbocycles. The second kappa shape index (κ2) is 10.8. The number of para-hydroxylation sites is 1. The molecule has 1 aromatic heterocycles. The van der Waals surface area contributed by atoms with E-state index in [2.05, 4.69) is 35.9 Å². The number of nitrogens with one attached hydrogen (secondary N) is 1. The van der Waals surface area contributed by atoms with Crippen molar-refractivity contribution >= 4 is 23.4 Å². The summed E-state index contributed by atoms with van der Waals surface area (Å²) < 4.78 is 21.1. The number of halogens is 1. The number of nitrogens with zero attached hydrogens (tertiary/aromatic N) is 3. The van der Waals surface area contributed by atoms with Gasteiger partial charge in [0.15, 0.2) is 22.5 Å². The molecule has 1 N–H and O–H groups in total. The number of amides is 1. The zero-order valence-corrected chi connectivity index (χ0v) is 18.4. The SMILES string of the molecule is C=CCn1c(COc2ccccc2F)nnc1SCC(=O)Nc1ccc(C(C)C)cc1. The Labute approximate surface area is 185 Å². The maximum Gasteiger partial charge on any atom is 0.234 e. The summed E-state index contributed by atoms with van der Waals surface area (Å²) in [6.07, 6.45) is 1.70. The summed E-state index contributed by atoms with van der Waals surface area (Å²) in [6.45, 7) is 8.50. The van der Waals surface area contributed by atoms with Gasteiger partial charge in [0.2, 0.25) is 5.91 Å². The number of hydrogen-bond donors (Lipinski definition) is 1. The lowest BCUT2D eigenvalue weighted by Crippen LogP contribution is -2.15. The molecule has 0 spiro atoms. The summed E-state index contributed by atoms with van der Waals surface area (Å²) in [4.78, 5) is 12.4. The first-order chi connectivity index (χ1) is 15.0. The fourth-order valence-electron chi connectivity index (χ4n) is 2.83. The van der Waals surface area contributed by atoms with E-state index in [1.165, 1.54) is 23.4 Å². The van der Waals surface area contributed by atoms with Crippen LogP contribution in [0.5, 0.6) is 5.75 Å². The molecule has 3 aromatic rings. The molecule has 0 saturated heterocycles. The zero-order valence-electron chi connectivity index (χ0n) is 17.5. The molecule has 0 aliphatic heterocycles. The van der Waals surface area contributed by atoms with Crippen molar-refractivity contribution in [3.63, 3.8) is 0 Å². The molecule has 0 aliphatic carbocycles. The number of ether oxygens (including phenoxy) is 1. The zero-order chi connectivity index (χ0) is 22.2. The molecule has 0 atom stereocenters. The molecule has 6 nitrogen and oxygen atoms in total. The highest BCUT2D eigenvalue weighted by atomic mass is 32.2. The Morgan fingerprint density at radius 2 is 1.97 bits per heavy atom. The normalized spacial score (nSPS) is 10.8. The van der Waals surface area contributed by atoms with E-state index in [-0.39, 0.29) is 24.0 Å². The topological polar surface area (TPSA) is 69.0 Å². The maximum atomic E-state index is 13.8. The number of carbonyl (C=O) groups is 1. The second-order valence-corrected chi connectivity index (χ2v) is 8.07. The lowest BCUT2D eigenvalue weighted by atomic mass is 10.0. The number of aromatic nitrogens is 3. The fraction of sp³-hybridized carbons (Fsp3) is 0.261. The highest BCUT2D eigenvalue weighted by molar-refractivity contribution is 7.99. The molecule has 0 fully saturated rings.